The van der Waals surface area contributed by atoms with Crippen LogP contribution < -0.4 is 4.74 Å². The number of azide groups is 2. The van der Waals surface area contributed by atoms with Gasteiger partial charge >= 0.3 is 11.9 Å². The lowest BCUT2D eigenvalue weighted by Gasteiger charge is -2.12. The first kappa shape index (κ1) is 17.2. The fourth-order valence-electron chi connectivity index (χ4n) is 1.89. The van der Waals surface area contributed by atoms with Gasteiger partial charge in [-0.05, 0) is 47.5 Å². The summed E-state index contributed by atoms with van der Waals surface area (Å²) in [6.07, 6.45) is 0. The average molecular weight is 340 g/mol. The third kappa shape index (κ3) is 3.96. The largest absolute Gasteiger partial charge is 0.478 e. The number of rotatable bonds is 6. The van der Waals surface area contributed by atoms with Crippen molar-refractivity contribution in [2.75, 3.05) is 0 Å². The first-order valence-electron chi connectivity index (χ1n) is 6.49. The third-order valence-corrected chi connectivity index (χ3v) is 2.93. The van der Waals surface area contributed by atoms with Crippen LogP contribution in [0.15, 0.2) is 46.6 Å². The molecule has 0 amide bonds. The number of nitrogens with zero attached hydrogens (tertiary/aromatic N) is 6. The number of benzene rings is 2. The maximum Gasteiger partial charge on any atom is 0.339 e. The molecule has 0 saturated heterocycles. The Morgan fingerprint density at radius 1 is 0.840 bits per heavy atom. The minimum atomic E-state index is -1.35. The average Bonchev–Trinajstić information content (AvgIpc) is 2.57. The number of carbonyl (C=O) groups is 2. The number of carboxylic acids is 2. The first-order valence-corrected chi connectivity index (χ1v) is 6.49. The van der Waals surface area contributed by atoms with Gasteiger partial charge in [0.25, 0.3) is 0 Å². The van der Waals surface area contributed by atoms with E-state index >= 15 is 0 Å². The second kappa shape index (κ2) is 7.38. The fourth-order valence-corrected chi connectivity index (χ4v) is 1.89. The molecule has 0 radical (unpaired) electrons. The molecule has 0 aromatic heterocycles. The Hall–Kier alpha value is -4.20. The molecule has 2 N–H and O–H groups in total. The van der Waals surface area contributed by atoms with Crippen LogP contribution in [0.25, 0.3) is 20.9 Å². The molecule has 0 spiro atoms. The van der Waals surface area contributed by atoms with Gasteiger partial charge in [0, 0.05) is 21.2 Å². The zero-order valence-corrected chi connectivity index (χ0v) is 12.3. The van der Waals surface area contributed by atoms with E-state index in [0.717, 1.165) is 12.1 Å². The summed E-state index contributed by atoms with van der Waals surface area (Å²) in [5.74, 6) is -3.01. The quantitative estimate of drug-likeness (QED) is 0.435. The highest BCUT2D eigenvalue weighted by atomic mass is 16.5. The molecule has 25 heavy (non-hydrogen) atoms. The highest BCUT2D eigenvalue weighted by molar-refractivity contribution is 5.94. The molecule has 124 valence electrons. The van der Waals surface area contributed by atoms with Crippen molar-refractivity contribution >= 4 is 23.3 Å². The first-order chi connectivity index (χ1) is 12.0. The topological polar surface area (TPSA) is 181 Å². The molecule has 0 aliphatic heterocycles. The molecule has 11 nitrogen and oxygen atoms in total. The molecule has 2 rings (SSSR count). The SMILES string of the molecule is [N-]=[N+]=Nc1ccc(Oc2ccc(N=[N+]=[N-])cc2C(=O)O)c(C(=O)O)c1. The van der Waals surface area contributed by atoms with E-state index in [9.17, 15) is 19.8 Å². The normalized spacial score (nSPS) is 9.44. The molecule has 0 atom stereocenters. The van der Waals surface area contributed by atoms with E-state index in [4.69, 9.17) is 15.8 Å². The van der Waals surface area contributed by atoms with Gasteiger partial charge in [-0.25, -0.2) is 9.59 Å². The number of carboxylic acid groups (broad SMARTS) is 2. The van der Waals surface area contributed by atoms with E-state index in [0.29, 0.717) is 0 Å². The van der Waals surface area contributed by atoms with Crippen LogP contribution in [-0.2, 0) is 0 Å². The van der Waals surface area contributed by atoms with Crippen molar-refractivity contribution in [2.24, 2.45) is 10.2 Å². The van der Waals surface area contributed by atoms with Crippen molar-refractivity contribution in [3.05, 3.63) is 68.4 Å². The Morgan fingerprint density at radius 3 is 1.56 bits per heavy atom. The molecule has 0 aliphatic rings. The van der Waals surface area contributed by atoms with E-state index in [-0.39, 0.29) is 34.0 Å². The maximum atomic E-state index is 11.3. The lowest BCUT2D eigenvalue weighted by Crippen LogP contribution is -2.03. The van der Waals surface area contributed by atoms with Gasteiger partial charge in [0.2, 0.25) is 0 Å². The predicted octanol–water partition coefficient (Wildman–Crippen LogP) is 4.76. The number of hydrogen-bond acceptors (Lipinski definition) is 5. The van der Waals surface area contributed by atoms with Crippen LogP contribution in [0.5, 0.6) is 11.5 Å². The molecule has 11 heteroatoms. The van der Waals surface area contributed by atoms with E-state index in [1.54, 1.807) is 0 Å². The van der Waals surface area contributed by atoms with Gasteiger partial charge < -0.3 is 14.9 Å². The molecular formula is C14H8N6O5. The van der Waals surface area contributed by atoms with Gasteiger partial charge in [0.05, 0.1) is 0 Å². The summed E-state index contributed by atoms with van der Waals surface area (Å²) >= 11 is 0. The highest BCUT2D eigenvalue weighted by Crippen LogP contribution is 2.33. The smallest absolute Gasteiger partial charge is 0.339 e. The molecule has 2 aromatic rings. The molecule has 0 fully saturated rings. The Bertz CT molecular complexity index is 883. The zero-order chi connectivity index (χ0) is 18.4. The number of hydrogen-bond donors (Lipinski definition) is 2. The van der Waals surface area contributed by atoms with Crippen molar-refractivity contribution in [2.45, 2.75) is 0 Å². The summed E-state index contributed by atoms with van der Waals surface area (Å²) in [6.45, 7) is 0. The Kier molecular flexibility index (Phi) is 5.06. The van der Waals surface area contributed by atoms with Crippen molar-refractivity contribution < 1.29 is 24.5 Å². The molecule has 0 aliphatic carbocycles. The van der Waals surface area contributed by atoms with Gasteiger partial charge in [-0.3, -0.25) is 0 Å². The van der Waals surface area contributed by atoms with Crippen molar-refractivity contribution in [3.8, 4) is 11.5 Å². The van der Waals surface area contributed by atoms with Crippen LogP contribution in [0.1, 0.15) is 20.7 Å². The van der Waals surface area contributed by atoms with Crippen molar-refractivity contribution in [3.63, 3.8) is 0 Å². The second-order valence-electron chi connectivity index (χ2n) is 4.45. The van der Waals surface area contributed by atoms with Gasteiger partial charge in [-0.15, -0.1) is 0 Å². The Balaban J connectivity index is 2.52. The fraction of sp³-hybridized carbons (Fsp3) is 0. The monoisotopic (exact) mass is 340 g/mol. The second-order valence-corrected chi connectivity index (χ2v) is 4.45. The van der Waals surface area contributed by atoms with Crippen LogP contribution in [0.4, 0.5) is 11.4 Å². The standard InChI is InChI=1S/C14H8N6O5/c15-19-17-7-1-3-11(9(5-7)13(21)22)25-12-4-2-8(18-20-16)6-10(12)14(23)24/h1-6H,(H,21,22)(H,23,24). The molecule has 0 saturated carbocycles. The maximum absolute atomic E-state index is 11.3. The predicted molar refractivity (Wildman–Crippen MR) is 84.5 cm³/mol. The third-order valence-electron chi connectivity index (χ3n) is 2.93. The summed E-state index contributed by atoms with van der Waals surface area (Å²) in [6, 6.07) is 7.28. The molecule has 0 bridgehead atoms. The summed E-state index contributed by atoms with van der Waals surface area (Å²) in [7, 11) is 0. The van der Waals surface area contributed by atoms with Gasteiger partial charge in [0.15, 0.2) is 0 Å². The summed E-state index contributed by atoms with van der Waals surface area (Å²) in [4.78, 5) is 27.8. The van der Waals surface area contributed by atoms with Crippen LogP contribution >= 0.6 is 0 Å². The van der Waals surface area contributed by atoms with Crippen molar-refractivity contribution in [1.82, 2.24) is 0 Å². The van der Waals surface area contributed by atoms with E-state index < -0.39 is 11.9 Å². The minimum Gasteiger partial charge on any atom is -0.478 e. The molecule has 0 unspecified atom stereocenters. The highest BCUT2D eigenvalue weighted by Gasteiger charge is 2.17. The van der Waals surface area contributed by atoms with Crippen LogP contribution in [0.3, 0.4) is 0 Å². The molecule has 2 aromatic carbocycles. The zero-order valence-electron chi connectivity index (χ0n) is 12.3. The molecule has 0 heterocycles. The van der Waals surface area contributed by atoms with Gasteiger partial charge in [-0.2, -0.15) is 0 Å². The number of ether oxygens (including phenoxy) is 1. The van der Waals surface area contributed by atoms with Gasteiger partial charge in [-0.1, -0.05) is 10.2 Å². The van der Waals surface area contributed by atoms with E-state index in [1.807, 2.05) is 0 Å². The minimum absolute atomic E-state index is 0.0596. The Morgan fingerprint density at radius 2 is 1.24 bits per heavy atom. The van der Waals surface area contributed by atoms with E-state index in [2.05, 4.69) is 20.1 Å². The lowest BCUT2D eigenvalue weighted by atomic mass is 10.1. The van der Waals surface area contributed by atoms with Crippen LogP contribution in [0, 0.1) is 0 Å². The van der Waals surface area contributed by atoms with Crippen molar-refractivity contribution in [1.29, 1.82) is 0 Å². The Labute approximate surface area is 139 Å². The van der Waals surface area contributed by atoms with Gasteiger partial charge in [0.1, 0.15) is 22.6 Å². The van der Waals surface area contributed by atoms with E-state index in [1.165, 1.54) is 24.3 Å². The summed E-state index contributed by atoms with van der Waals surface area (Å²) in [5.41, 5.74) is 16.3. The molecular weight excluding hydrogens is 332 g/mol. The summed E-state index contributed by atoms with van der Waals surface area (Å²) in [5, 5.41) is 25.1. The van der Waals surface area contributed by atoms with Crippen LogP contribution in [0.2, 0.25) is 0 Å². The van der Waals surface area contributed by atoms with Crippen LogP contribution in [-0.4, -0.2) is 22.2 Å². The lowest BCUT2D eigenvalue weighted by molar-refractivity contribution is 0.0687. The summed E-state index contributed by atoms with van der Waals surface area (Å²) < 4.78 is 5.40. The number of aromatic carboxylic acids is 2.